The first-order chi connectivity index (χ1) is 12.1. The Kier molecular flexibility index (Phi) is 4.01. The minimum atomic E-state index is -0.626. The van der Waals surface area contributed by atoms with Crippen LogP contribution in [0, 0.1) is 5.92 Å². The largest absolute Gasteiger partial charge is 0.390 e. The van der Waals surface area contributed by atoms with Crippen molar-refractivity contribution in [3.63, 3.8) is 0 Å². The summed E-state index contributed by atoms with van der Waals surface area (Å²) in [6.07, 6.45) is 1.79. The van der Waals surface area contributed by atoms with Gasteiger partial charge in [-0.3, -0.25) is 9.59 Å². The lowest BCUT2D eigenvalue weighted by Crippen LogP contribution is -2.33. The molecule has 5 nitrogen and oxygen atoms in total. The van der Waals surface area contributed by atoms with Crippen LogP contribution in [0.3, 0.4) is 0 Å². The van der Waals surface area contributed by atoms with Gasteiger partial charge in [0.1, 0.15) is 0 Å². The lowest BCUT2D eigenvalue weighted by Gasteiger charge is -2.18. The predicted molar refractivity (Wildman–Crippen MR) is 94.2 cm³/mol. The quantitative estimate of drug-likeness (QED) is 0.802. The molecular weight excluding hydrogens is 316 g/mol. The highest BCUT2D eigenvalue weighted by atomic mass is 16.3. The van der Waals surface area contributed by atoms with Gasteiger partial charge >= 0.3 is 0 Å². The Balaban J connectivity index is 1.49. The van der Waals surface area contributed by atoms with Crippen LogP contribution in [-0.2, 0) is 11.2 Å². The molecule has 0 bridgehead atoms. The van der Waals surface area contributed by atoms with Crippen molar-refractivity contribution in [2.24, 2.45) is 5.92 Å². The third kappa shape index (κ3) is 3.28. The van der Waals surface area contributed by atoms with Crippen molar-refractivity contribution in [2.45, 2.75) is 31.4 Å². The van der Waals surface area contributed by atoms with Crippen molar-refractivity contribution >= 4 is 17.5 Å². The van der Waals surface area contributed by atoms with E-state index in [0.29, 0.717) is 17.7 Å². The van der Waals surface area contributed by atoms with Gasteiger partial charge in [0, 0.05) is 23.6 Å². The van der Waals surface area contributed by atoms with Gasteiger partial charge in [-0.25, -0.2) is 0 Å². The van der Waals surface area contributed by atoms with E-state index in [9.17, 15) is 14.7 Å². The lowest BCUT2D eigenvalue weighted by molar-refractivity contribution is -0.117. The number of aliphatic hydroxyl groups excluding tert-OH is 1. The van der Waals surface area contributed by atoms with Crippen LogP contribution >= 0.6 is 0 Å². The Labute approximate surface area is 146 Å². The van der Waals surface area contributed by atoms with E-state index in [1.54, 1.807) is 24.3 Å². The number of rotatable bonds is 4. The molecule has 4 rings (SSSR count). The smallest absolute Gasteiger partial charge is 0.251 e. The normalized spacial score (nSPS) is 21.5. The van der Waals surface area contributed by atoms with E-state index >= 15 is 0 Å². The second kappa shape index (κ2) is 6.33. The molecule has 0 radical (unpaired) electrons. The molecule has 5 heteroatoms. The number of hydrogen-bond donors (Lipinski definition) is 3. The topological polar surface area (TPSA) is 78.4 Å². The number of benzene rings is 2. The van der Waals surface area contributed by atoms with E-state index in [1.165, 1.54) is 0 Å². The van der Waals surface area contributed by atoms with Gasteiger partial charge in [-0.2, -0.15) is 0 Å². The summed E-state index contributed by atoms with van der Waals surface area (Å²) in [5, 5.41) is 16.0. The van der Waals surface area contributed by atoms with Crippen LogP contribution in [0.2, 0.25) is 0 Å². The molecule has 2 aromatic carbocycles. The number of carbonyl (C=O) groups is 2. The molecule has 0 aliphatic heterocycles. The minimum Gasteiger partial charge on any atom is -0.390 e. The number of fused-ring (bicyclic) bond motifs is 1. The first-order valence-electron chi connectivity index (χ1n) is 8.59. The summed E-state index contributed by atoms with van der Waals surface area (Å²) in [4.78, 5) is 24.5. The Bertz CT molecular complexity index is 829. The van der Waals surface area contributed by atoms with E-state index in [0.717, 1.165) is 24.0 Å². The van der Waals surface area contributed by atoms with Gasteiger partial charge in [-0.05, 0) is 42.2 Å². The summed E-state index contributed by atoms with van der Waals surface area (Å²) < 4.78 is 0. The highest BCUT2D eigenvalue weighted by Gasteiger charge is 2.32. The number of carbonyl (C=O) groups excluding carboxylic acids is 2. The van der Waals surface area contributed by atoms with Crippen LogP contribution in [0.15, 0.2) is 48.5 Å². The molecule has 2 aliphatic carbocycles. The fraction of sp³-hybridized carbons (Fsp3) is 0.300. The molecule has 0 heterocycles. The van der Waals surface area contributed by atoms with Gasteiger partial charge in [0.25, 0.3) is 5.91 Å². The molecule has 1 saturated carbocycles. The standard InChI is InChI=1S/C20H20N2O3/c23-17-11-13-4-1-2-7-16(13)18(17)22-20(25)14-5-3-6-15(10-14)21-19(24)12-8-9-12/h1-7,10,12,17-18,23H,8-9,11H2,(H,21,24)(H,22,25)/t17-,18+/m1/s1. The van der Waals surface area contributed by atoms with E-state index in [4.69, 9.17) is 0 Å². The second-order valence-electron chi connectivity index (χ2n) is 6.77. The van der Waals surface area contributed by atoms with E-state index < -0.39 is 12.1 Å². The highest BCUT2D eigenvalue weighted by molar-refractivity contribution is 5.98. The Hall–Kier alpha value is -2.66. The Morgan fingerprint density at radius 3 is 2.64 bits per heavy atom. The average molecular weight is 336 g/mol. The van der Waals surface area contributed by atoms with Crippen LogP contribution in [0.5, 0.6) is 0 Å². The summed E-state index contributed by atoms with van der Waals surface area (Å²) >= 11 is 0. The summed E-state index contributed by atoms with van der Waals surface area (Å²) in [5.74, 6) is -0.136. The maximum absolute atomic E-state index is 12.6. The third-order valence-corrected chi connectivity index (χ3v) is 4.83. The van der Waals surface area contributed by atoms with Crippen LogP contribution < -0.4 is 10.6 Å². The Morgan fingerprint density at radius 2 is 1.84 bits per heavy atom. The van der Waals surface area contributed by atoms with Crippen LogP contribution in [0.25, 0.3) is 0 Å². The number of hydrogen-bond acceptors (Lipinski definition) is 3. The maximum atomic E-state index is 12.6. The zero-order valence-electron chi connectivity index (χ0n) is 13.7. The maximum Gasteiger partial charge on any atom is 0.251 e. The fourth-order valence-corrected chi connectivity index (χ4v) is 3.30. The third-order valence-electron chi connectivity index (χ3n) is 4.83. The zero-order chi connectivity index (χ0) is 17.4. The van der Waals surface area contributed by atoms with Gasteiger partial charge in [-0.1, -0.05) is 30.3 Å². The highest BCUT2D eigenvalue weighted by Crippen LogP contribution is 2.32. The number of aliphatic hydroxyl groups is 1. The van der Waals surface area contributed by atoms with Gasteiger partial charge in [-0.15, -0.1) is 0 Å². The molecule has 1 fully saturated rings. The van der Waals surface area contributed by atoms with Crippen molar-refractivity contribution in [3.05, 3.63) is 65.2 Å². The van der Waals surface area contributed by atoms with E-state index in [1.807, 2.05) is 24.3 Å². The molecular formula is C20H20N2O3. The van der Waals surface area contributed by atoms with Gasteiger partial charge in [0.2, 0.25) is 5.91 Å². The summed E-state index contributed by atoms with van der Waals surface area (Å²) in [6.45, 7) is 0. The molecule has 0 unspecified atom stereocenters. The van der Waals surface area contributed by atoms with E-state index in [-0.39, 0.29) is 17.7 Å². The van der Waals surface area contributed by atoms with Crippen molar-refractivity contribution in [1.82, 2.24) is 5.32 Å². The lowest BCUT2D eigenvalue weighted by atomic mass is 10.1. The molecule has 3 N–H and O–H groups in total. The molecule has 128 valence electrons. The Morgan fingerprint density at radius 1 is 1.04 bits per heavy atom. The van der Waals surface area contributed by atoms with Crippen molar-refractivity contribution in [3.8, 4) is 0 Å². The molecule has 2 aromatic rings. The molecule has 2 amide bonds. The number of amides is 2. The molecule has 2 atom stereocenters. The zero-order valence-corrected chi connectivity index (χ0v) is 13.7. The molecule has 0 spiro atoms. The van der Waals surface area contributed by atoms with Crippen molar-refractivity contribution in [2.75, 3.05) is 5.32 Å². The van der Waals surface area contributed by atoms with Gasteiger partial charge in [0.15, 0.2) is 0 Å². The van der Waals surface area contributed by atoms with Crippen molar-refractivity contribution < 1.29 is 14.7 Å². The van der Waals surface area contributed by atoms with Crippen LogP contribution in [0.4, 0.5) is 5.69 Å². The monoisotopic (exact) mass is 336 g/mol. The first kappa shape index (κ1) is 15.8. The average Bonchev–Trinajstić information content (AvgIpc) is 3.41. The summed E-state index contributed by atoms with van der Waals surface area (Å²) in [6, 6.07) is 14.2. The summed E-state index contributed by atoms with van der Waals surface area (Å²) in [7, 11) is 0. The summed E-state index contributed by atoms with van der Waals surface area (Å²) in [5.41, 5.74) is 3.11. The van der Waals surface area contributed by atoms with Crippen LogP contribution in [0.1, 0.15) is 40.4 Å². The SMILES string of the molecule is O=C(N[C@H]1c2ccccc2C[C@H]1O)c1cccc(NC(=O)C2CC2)c1. The fourth-order valence-electron chi connectivity index (χ4n) is 3.30. The number of anilines is 1. The number of nitrogens with one attached hydrogen (secondary N) is 2. The molecule has 25 heavy (non-hydrogen) atoms. The van der Waals surface area contributed by atoms with Crippen LogP contribution in [-0.4, -0.2) is 23.0 Å². The molecule has 2 aliphatic rings. The van der Waals surface area contributed by atoms with Gasteiger partial charge in [0.05, 0.1) is 12.1 Å². The minimum absolute atomic E-state index is 0.0118. The van der Waals surface area contributed by atoms with E-state index in [2.05, 4.69) is 10.6 Å². The second-order valence-corrected chi connectivity index (χ2v) is 6.77. The first-order valence-corrected chi connectivity index (χ1v) is 8.59. The molecule has 0 saturated heterocycles. The predicted octanol–water partition coefficient (Wildman–Crippen LogP) is 2.42. The van der Waals surface area contributed by atoms with Gasteiger partial charge < -0.3 is 15.7 Å². The molecule has 0 aromatic heterocycles. The van der Waals surface area contributed by atoms with Crippen molar-refractivity contribution in [1.29, 1.82) is 0 Å².